The Morgan fingerprint density at radius 2 is 2.29 bits per heavy atom. The first-order valence-electron chi connectivity index (χ1n) is 6.35. The molecule has 1 saturated carbocycles. The molecule has 0 bridgehead atoms. The van der Waals surface area contributed by atoms with Gasteiger partial charge in [0.1, 0.15) is 11.5 Å². The fraction of sp³-hybridized carbons (Fsp3) is 0.500. The Hall–Kier alpha value is -1.51. The van der Waals surface area contributed by atoms with Crippen LogP contribution in [0.2, 0.25) is 0 Å². The third-order valence-electron chi connectivity index (χ3n) is 4.01. The van der Waals surface area contributed by atoms with Crippen molar-refractivity contribution in [3.05, 3.63) is 30.6 Å². The van der Waals surface area contributed by atoms with Gasteiger partial charge in [-0.25, -0.2) is 4.98 Å². The van der Waals surface area contributed by atoms with Gasteiger partial charge in [-0.2, -0.15) is 0 Å². The van der Waals surface area contributed by atoms with Gasteiger partial charge in [-0.3, -0.25) is 4.40 Å². The molecule has 0 spiro atoms. The number of pyridine rings is 1. The number of fused-ring (bicyclic) bond motifs is 1. The molecular formula is C14H19N3. The minimum atomic E-state index is 0.392. The zero-order valence-electron chi connectivity index (χ0n) is 10.5. The zero-order valence-corrected chi connectivity index (χ0v) is 10.5. The quantitative estimate of drug-likeness (QED) is 0.856. The van der Waals surface area contributed by atoms with Crippen LogP contribution in [0.3, 0.4) is 0 Å². The van der Waals surface area contributed by atoms with Crippen molar-refractivity contribution >= 4 is 11.5 Å². The lowest BCUT2D eigenvalue weighted by Gasteiger charge is -2.28. The van der Waals surface area contributed by atoms with E-state index >= 15 is 0 Å². The van der Waals surface area contributed by atoms with Gasteiger partial charge in [-0.15, -0.1) is 0 Å². The van der Waals surface area contributed by atoms with E-state index < -0.39 is 0 Å². The van der Waals surface area contributed by atoms with Crippen LogP contribution < -0.4 is 5.32 Å². The first kappa shape index (κ1) is 10.6. The van der Waals surface area contributed by atoms with E-state index in [2.05, 4.69) is 40.7 Å². The van der Waals surface area contributed by atoms with Crippen LogP contribution in [0.5, 0.6) is 0 Å². The highest BCUT2D eigenvalue weighted by Crippen LogP contribution is 2.38. The molecule has 0 aromatic carbocycles. The normalized spacial score (nSPS) is 23.1. The molecule has 1 atom stereocenters. The van der Waals surface area contributed by atoms with Crippen molar-refractivity contribution in [1.82, 2.24) is 9.38 Å². The second-order valence-electron chi connectivity index (χ2n) is 5.64. The van der Waals surface area contributed by atoms with Gasteiger partial charge in [0.2, 0.25) is 0 Å². The number of aromatic nitrogens is 2. The van der Waals surface area contributed by atoms with Crippen LogP contribution in [0.15, 0.2) is 30.6 Å². The molecule has 2 heterocycles. The third kappa shape index (κ3) is 1.79. The van der Waals surface area contributed by atoms with Gasteiger partial charge in [-0.05, 0) is 30.4 Å². The summed E-state index contributed by atoms with van der Waals surface area (Å²) >= 11 is 0. The second-order valence-corrected chi connectivity index (χ2v) is 5.64. The van der Waals surface area contributed by atoms with Crippen LogP contribution in [-0.2, 0) is 0 Å². The number of anilines is 1. The molecule has 90 valence electrons. The fourth-order valence-electron chi connectivity index (χ4n) is 2.84. The minimum Gasteiger partial charge on any atom is -0.368 e. The zero-order chi connectivity index (χ0) is 11.9. The molecular weight excluding hydrogens is 210 g/mol. The standard InChI is InChI=1S/C14H19N3/c1-14(2)8-4-5-11(14)16-13-7-3-6-12-15-9-10-17(12)13/h3,6-7,9-11,16H,4-5,8H2,1-2H3. The predicted molar refractivity (Wildman–Crippen MR) is 70.2 cm³/mol. The highest BCUT2D eigenvalue weighted by atomic mass is 15.1. The summed E-state index contributed by atoms with van der Waals surface area (Å²) in [5.41, 5.74) is 1.40. The van der Waals surface area contributed by atoms with Crippen molar-refractivity contribution < 1.29 is 0 Å². The van der Waals surface area contributed by atoms with E-state index in [1.807, 2.05) is 18.5 Å². The Morgan fingerprint density at radius 1 is 1.41 bits per heavy atom. The van der Waals surface area contributed by atoms with E-state index in [1.54, 1.807) is 0 Å². The summed E-state index contributed by atoms with van der Waals surface area (Å²) in [4.78, 5) is 4.31. The van der Waals surface area contributed by atoms with Crippen molar-refractivity contribution in [3.8, 4) is 0 Å². The molecule has 1 fully saturated rings. The summed E-state index contributed by atoms with van der Waals surface area (Å²) < 4.78 is 2.12. The van der Waals surface area contributed by atoms with Crippen LogP contribution >= 0.6 is 0 Å². The third-order valence-corrected chi connectivity index (χ3v) is 4.01. The largest absolute Gasteiger partial charge is 0.368 e. The van der Waals surface area contributed by atoms with E-state index in [0.29, 0.717) is 11.5 Å². The van der Waals surface area contributed by atoms with Crippen LogP contribution in [0, 0.1) is 5.41 Å². The Balaban J connectivity index is 1.92. The molecule has 1 N–H and O–H groups in total. The Labute approximate surface area is 102 Å². The molecule has 2 aromatic rings. The van der Waals surface area contributed by atoms with Gasteiger partial charge >= 0.3 is 0 Å². The first-order chi connectivity index (χ1) is 8.17. The topological polar surface area (TPSA) is 29.3 Å². The summed E-state index contributed by atoms with van der Waals surface area (Å²) in [7, 11) is 0. The van der Waals surface area contributed by atoms with Crippen molar-refractivity contribution in [2.45, 2.75) is 39.2 Å². The molecule has 3 heteroatoms. The van der Waals surface area contributed by atoms with E-state index in [-0.39, 0.29) is 0 Å². The summed E-state index contributed by atoms with van der Waals surface area (Å²) in [6, 6.07) is 6.79. The summed E-state index contributed by atoms with van der Waals surface area (Å²) in [6.45, 7) is 4.71. The van der Waals surface area contributed by atoms with Gasteiger partial charge in [-0.1, -0.05) is 26.3 Å². The molecule has 2 aromatic heterocycles. The average molecular weight is 229 g/mol. The summed E-state index contributed by atoms with van der Waals surface area (Å²) in [6.07, 6.45) is 7.76. The predicted octanol–water partition coefficient (Wildman–Crippen LogP) is 3.32. The number of nitrogens with one attached hydrogen (secondary N) is 1. The Kier molecular flexibility index (Phi) is 2.35. The average Bonchev–Trinajstić information content (AvgIpc) is 2.86. The van der Waals surface area contributed by atoms with E-state index in [1.165, 1.54) is 19.3 Å². The van der Waals surface area contributed by atoms with Crippen molar-refractivity contribution in [2.24, 2.45) is 5.41 Å². The molecule has 1 aliphatic carbocycles. The molecule has 3 nitrogen and oxygen atoms in total. The Bertz CT molecular complexity index is 527. The van der Waals surface area contributed by atoms with Crippen LogP contribution in [0.1, 0.15) is 33.1 Å². The maximum absolute atomic E-state index is 4.31. The SMILES string of the molecule is CC1(C)CCCC1Nc1cccc2nccn12. The molecule has 0 aliphatic heterocycles. The molecule has 1 unspecified atom stereocenters. The van der Waals surface area contributed by atoms with Gasteiger partial charge in [0.15, 0.2) is 0 Å². The van der Waals surface area contributed by atoms with Gasteiger partial charge in [0.25, 0.3) is 0 Å². The fourth-order valence-corrected chi connectivity index (χ4v) is 2.84. The number of imidazole rings is 1. The molecule has 17 heavy (non-hydrogen) atoms. The molecule has 0 amide bonds. The van der Waals surface area contributed by atoms with Crippen molar-refractivity contribution in [1.29, 1.82) is 0 Å². The first-order valence-corrected chi connectivity index (χ1v) is 6.35. The second kappa shape index (κ2) is 3.76. The van der Waals surface area contributed by atoms with Crippen molar-refractivity contribution in [2.75, 3.05) is 5.32 Å². The minimum absolute atomic E-state index is 0.392. The number of hydrogen-bond donors (Lipinski definition) is 1. The van der Waals surface area contributed by atoms with Gasteiger partial charge < -0.3 is 5.32 Å². The molecule has 0 radical (unpaired) electrons. The number of nitrogens with zero attached hydrogens (tertiary/aromatic N) is 2. The highest BCUT2D eigenvalue weighted by molar-refractivity contribution is 5.50. The van der Waals surface area contributed by atoms with Crippen LogP contribution in [0.25, 0.3) is 5.65 Å². The number of rotatable bonds is 2. The lowest BCUT2D eigenvalue weighted by Crippen LogP contribution is -2.31. The van der Waals surface area contributed by atoms with Gasteiger partial charge in [0.05, 0.1) is 0 Å². The number of hydrogen-bond acceptors (Lipinski definition) is 2. The monoisotopic (exact) mass is 229 g/mol. The molecule has 0 saturated heterocycles. The van der Waals surface area contributed by atoms with Crippen LogP contribution in [0.4, 0.5) is 5.82 Å². The lowest BCUT2D eigenvalue weighted by atomic mass is 9.87. The molecule has 1 aliphatic rings. The van der Waals surface area contributed by atoms with E-state index in [0.717, 1.165) is 11.5 Å². The van der Waals surface area contributed by atoms with Crippen molar-refractivity contribution in [3.63, 3.8) is 0 Å². The lowest BCUT2D eigenvalue weighted by molar-refractivity contribution is 0.349. The molecule has 3 rings (SSSR count). The summed E-state index contributed by atoms with van der Waals surface area (Å²) in [5, 5.41) is 3.68. The Morgan fingerprint density at radius 3 is 3.06 bits per heavy atom. The maximum atomic E-state index is 4.31. The van der Waals surface area contributed by atoms with Gasteiger partial charge in [0, 0.05) is 18.4 Å². The smallest absolute Gasteiger partial charge is 0.138 e. The summed E-state index contributed by atoms with van der Waals surface area (Å²) in [5.74, 6) is 1.15. The van der Waals surface area contributed by atoms with E-state index in [9.17, 15) is 0 Å². The maximum Gasteiger partial charge on any atom is 0.138 e. The van der Waals surface area contributed by atoms with Crippen LogP contribution in [-0.4, -0.2) is 15.4 Å². The van der Waals surface area contributed by atoms with E-state index in [4.69, 9.17) is 0 Å². The highest BCUT2D eigenvalue weighted by Gasteiger charge is 2.34.